The highest BCUT2D eigenvalue weighted by Gasteiger charge is 2.01. The molecule has 0 amide bonds. The molecule has 106 valence electrons. The highest BCUT2D eigenvalue weighted by atomic mass is 15.0. The van der Waals surface area contributed by atoms with Crippen molar-refractivity contribution < 1.29 is 0 Å². The molecule has 3 nitrogen and oxygen atoms in total. The van der Waals surface area contributed by atoms with E-state index in [4.69, 9.17) is 0 Å². The Kier molecular flexibility index (Phi) is 3.73. The van der Waals surface area contributed by atoms with Gasteiger partial charge in [0.2, 0.25) is 0 Å². The first-order chi connectivity index (χ1) is 10.2. The molecule has 1 aromatic heterocycles. The molecule has 0 aliphatic rings. The first kappa shape index (κ1) is 13.4. The maximum absolute atomic E-state index is 4.09. The van der Waals surface area contributed by atoms with Gasteiger partial charge < -0.3 is 9.88 Å². The highest BCUT2D eigenvalue weighted by molar-refractivity contribution is 5.51. The molecule has 0 aliphatic heterocycles. The lowest BCUT2D eigenvalue weighted by molar-refractivity contribution is 1.05. The van der Waals surface area contributed by atoms with Gasteiger partial charge in [-0.05, 0) is 43.2 Å². The van der Waals surface area contributed by atoms with Crippen molar-refractivity contribution in [3.8, 4) is 5.69 Å². The molecule has 2 aromatic carbocycles. The summed E-state index contributed by atoms with van der Waals surface area (Å²) in [7, 11) is 0. The van der Waals surface area contributed by atoms with E-state index in [2.05, 4.69) is 66.6 Å². The molecule has 0 atom stereocenters. The summed E-state index contributed by atoms with van der Waals surface area (Å²) in [6.07, 6.45) is 5.55. The van der Waals surface area contributed by atoms with Crippen LogP contribution in [-0.4, -0.2) is 9.55 Å². The standard InChI is InChI=1S/C18H19N3/c1-14-6-7-15(2)16(10-14)12-20-17-4-3-5-18(11-17)21-9-8-19-13-21/h3-11,13,20H,12H2,1-2H3. The van der Waals surface area contributed by atoms with E-state index in [9.17, 15) is 0 Å². The van der Waals surface area contributed by atoms with E-state index >= 15 is 0 Å². The third kappa shape index (κ3) is 3.14. The fourth-order valence-corrected chi connectivity index (χ4v) is 2.38. The van der Waals surface area contributed by atoms with Crippen LogP contribution in [-0.2, 0) is 6.54 Å². The van der Waals surface area contributed by atoms with Crippen LogP contribution in [0.25, 0.3) is 5.69 Å². The van der Waals surface area contributed by atoms with Crippen LogP contribution in [0.4, 0.5) is 5.69 Å². The lowest BCUT2D eigenvalue weighted by atomic mass is 10.1. The lowest BCUT2D eigenvalue weighted by Crippen LogP contribution is -2.02. The fourth-order valence-electron chi connectivity index (χ4n) is 2.38. The number of aromatic nitrogens is 2. The molecule has 3 heteroatoms. The maximum Gasteiger partial charge on any atom is 0.0991 e. The molecule has 3 aromatic rings. The smallest absolute Gasteiger partial charge is 0.0991 e. The van der Waals surface area contributed by atoms with Crippen LogP contribution < -0.4 is 5.32 Å². The predicted molar refractivity (Wildman–Crippen MR) is 86.8 cm³/mol. The van der Waals surface area contributed by atoms with E-state index in [1.165, 1.54) is 16.7 Å². The van der Waals surface area contributed by atoms with Crippen LogP contribution >= 0.6 is 0 Å². The van der Waals surface area contributed by atoms with E-state index in [-0.39, 0.29) is 0 Å². The Labute approximate surface area is 125 Å². The van der Waals surface area contributed by atoms with Gasteiger partial charge in [0.15, 0.2) is 0 Å². The van der Waals surface area contributed by atoms with Crippen molar-refractivity contribution in [2.75, 3.05) is 5.32 Å². The molecule has 0 saturated carbocycles. The second-order valence-electron chi connectivity index (χ2n) is 5.30. The summed E-state index contributed by atoms with van der Waals surface area (Å²) >= 11 is 0. The van der Waals surface area contributed by atoms with E-state index in [1.807, 2.05) is 17.1 Å². The Balaban J connectivity index is 1.76. The summed E-state index contributed by atoms with van der Waals surface area (Å²) in [4.78, 5) is 4.09. The van der Waals surface area contributed by atoms with Gasteiger partial charge >= 0.3 is 0 Å². The molecule has 0 unspecified atom stereocenters. The average Bonchev–Trinajstić information content (AvgIpc) is 3.03. The minimum Gasteiger partial charge on any atom is -0.381 e. The third-order valence-electron chi connectivity index (χ3n) is 3.64. The van der Waals surface area contributed by atoms with Crippen molar-refractivity contribution in [1.29, 1.82) is 0 Å². The molecule has 0 radical (unpaired) electrons. The molecular weight excluding hydrogens is 258 g/mol. The number of rotatable bonds is 4. The van der Waals surface area contributed by atoms with Crippen LogP contribution in [0.5, 0.6) is 0 Å². The number of aryl methyl sites for hydroxylation is 2. The predicted octanol–water partition coefficient (Wildman–Crippen LogP) is 4.10. The zero-order chi connectivity index (χ0) is 14.7. The minimum atomic E-state index is 0.834. The Morgan fingerprint density at radius 2 is 2.00 bits per heavy atom. The van der Waals surface area contributed by atoms with Crippen LogP contribution in [0.3, 0.4) is 0 Å². The van der Waals surface area contributed by atoms with Crippen LogP contribution in [0.1, 0.15) is 16.7 Å². The van der Waals surface area contributed by atoms with Crippen molar-refractivity contribution in [3.63, 3.8) is 0 Å². The molecule has 21 heavy (non-hydrogen) atoms. The van der Waals surface area contributed by atoms with E-state index in [0.717, 1.165) is 17.9 Å². The van der Waals surface area contributed by atoms with Gasteiger partial charge in [-0.25, -0.2) is 4.98 Å². The molecule has 0 fully saturated rings. The Hall–Kier alpha value is -2.55. The minimum absolute atomic E-state index is 0.834. The number of anilines is 1. The van der Waals surface area contributed by atoms with Gasteiger partial charge in [-0.2, -0.15) is 0 Å². The third-order valence-corrected chi connectivity index (χ3v) is 3.64. The van der Waals surface area contributed by atoms with Gasteiger partial charge in [-0.15, -0.1) is 0 Å². The first-order valence-corrected chi connectivity index (χ1v) is 7.11. The van der Waals surface area contributed by atoms with Gasteiger partial charge in [0.25, 0.3) is 0 Å². The van der Waals surface area contributed by atoms with E-state index < -0.39 is 0 Å². The number of benzene rings is 2. The van der Waals surface area contributed by atoms with Crippen molar-refractivity contribution in [2.45, 2.75) is 20.4 Å². The van der Waals surface area contributed by atoms with Gasteiger partial charge in [-0.1, -0.05) is 29.8 Å². The van der Waals surface area contributed by atoms with Crippen molar-refractivity contribution in [1.82, 2.24) is 9.55 Å². The fraction of sp³-hybridized carbons (Fsp3) is 0.167. The monoisotopic (exact) mass is 277 g/mol. The zero-order valence-corrected chi connectivity index (χ0v) is 12.4. The lowest BCUT2D eigenvalue weighted by Gasteiger charge is -2.11. The van der Waals surface area contributed by atoms with E-state index in [0.29, 0.717) is 0 Å². The summed E-state index contributed by atoms with van der Waals surface area (Å²) in [6, 6.07) is 14.9. The summed E-state index contributed by atoms with van der Waals surface area (Å²) in [5, 5.41) is 3.50. The quantitative estimate of drug-likeness (QED) is 0.778. The average molecular weight is 277 g/mol. The largest absolute Gasteiger partial charge is 0.381 e. The van der Waals surface area contributed by atoms with Crippen LogP contribution in [0, 0.1) is 13.8 Å². The Morgan fingerprint density at radius 3 is 2.81 bits per heavy atom. The normalized spacial score (nSPS) is 10.6. The van der Waals surface area contributed by atoms with Crippen molar-refractivity contribution >= 4 is 5.69 Å². The summed E-state index contributed by atoms with van der Waals surface area (Å²) < 4.78 is 2.00. The topological polar surface area (TPSA) is 29.9 Å². The van der Waals surface area contributed by atoms with Crippen molar-refractivity contribution in [3.05, 3.63) is 77.9 Å². The molecule has 0 aliphatic carbocycles. The SMILES string of the molecule is Cc1ccc(C)c(CNc2cccc(-n3ccnc3)c2)c1. The van der Waals surface area contributed by atoms with Gasteiger partial charge in [0.05, 0.1) is 6.33 Å². The number of hydrogen-bond donors (Lipinski definition) is 1. The first-order valence-electron chi connectivity index (χ1n) is 7.11. The van der Waals surface area contributed by atoms with Gasteiger partial charge in [-0.3, -0.25) is 0 Å². The maximum atomic E-state index is 4.09. The molecule has 0 bridgehead atoms. The van der Waals surface area contributed by atoms with Gasteiger partial charge in [0.1, 0.15) is 0 Å². The molecule has 0 spiro atoms. The van der Waals surface area contributed by atoms with Crippen LogP contribution in [0.15, 0.2) is 61.2 Å². The second kappa shape index (κ2) is 5.83. The molecule has 0 saturated heterocycles. The molecular formula is C18H19N3. The summed E-state index contributed by atoms with van der Waals surface area (Å²) in [5.41, 5.74) is 6.17. The highest BCUT2D eigenvalue weighted by Crippen LogP contribution is 2.17. The van der Waals surface area contributed by atoms with Crippen LogP contribution in [0.2, 0.25) is 0 Å². The number of nitrogens with zero attached hydrogens (tertiary/aromatic N) is 2. The van der Waals surface area contributed by atoms with Gasteiger partial charge in [0, 0.05) is 30.3 Å². The Bertz CT molecular complexity index is 730. The summed E-state index contributed by atoms with van der Waals surface area (Å²) in [6.45, 7) is 5.11. The number of nitrogens with one attached hydrogen (secondary N) is 1. The second-order valence-corrected chi connectivity index (χ2v) is 5.30. The zero-order valence-electron chi connectivity index (χ0n) is 12.4. The molecule has 1 N–H and O–H groups in total. The molecule has 3 rings (SSSR count). The number of imidazole rings is 1. The van der Waals surface area contributed by atoms with Crippen molar-refractivity contribution in [2.24, 2.45) is 0 Å². The summed E-state index contributed by atoms with van der Waals surface area (Å²) in [5.74, 6) is 0. The number of hydrogen-bond acceptors (Lipinski definition) is 2. The molecule has 1 heterocycles. The van der Waals surface area contributed by atoms with E-state index in [1.54, 1.807) is 6.20 Å². The Morgan fingerprint density at radius 1 is 1.10 bits per heavy atom.